The van der Waals surface area contributed by atoms with E-state index in [4.69, 9.17) is 0 Å². The van der Waals surface area contributed by atoms with E-state index in [2.05, 4.69) is 41.0 Å². The van der Waals surface area contributed by atoms with Gasteiger partial charge in [0.2, 0.25) is 0 Å². The van der Waals surface area contributed by atoms with Crippen LogP contribution in [0.4, 0.5) is 5.82 Å². The van der Waals surface area contributed by atoms with Gasteiger partial charge in [0.05, 0.1) is 12.2 Å². The van der Waals surface area contributed by atoms with E-state index in [-0.39, 0.29) is 16.9 Å². The highest BCUT2D eigenvalue weighted by Crippen LogP contribution is 2.18. The summed E-state index contributed by atoms with van der Waals surface area (Å²) in [5.41, 5.74) is 1.08. The Morgan fingerprint density at radius 2 is 1.70 bits per heavy atom. The number of aromatic nitrogens is 4. The highest BCUT2D eigenvalue weighted by atomic mass is 16.2. The molecule has 0 N–H and O–H groups in total. The minimum atomic E-state index is -0.102. The van der Waals surface area contributed by atoms with Gasteiger partial charge >= 0.3 is 0 Å². The van der Waals surface area contributed by atoms with Gasteiger partial charge in [-0.2, -0.15) is 5.10 Å². The normalized spacial score (nSPS) is 15.3. The fourth-order valence-electron chi connectivity index (χ4n) is 3.26. The number of anilines is 1. The highest BCUT2D eigenvalue weighted by Gasteiger charge is 2.23. The topological polar surface area (TPSA) is 87.5 Å². The summed E-state index contributed by atoms with van der Waals surface area (Å²) in [6, 6.07) is 6.91. The molecule has 30 heavy (non-hydrogen) atoms. The van der Waals surface area contributed by atoms with E-state index in [1.807, 2.05) is 19.0 Å². The smallest absolute Gasteiger partial charge is 0.274 e. The van der Waals surface area contributed by atoms with E-state index in [0.717, 1.165) is 31.1 Å². The van der Waals surface area contributed by atoms with Gasteiger partial charge in [-0.3, -0.25) is 14.5 Å². The largest absolute Gasteiger partial charge is 0.361 e. The second kappa shape index (κ2) is 8.91. The van der Waals surface area contributed by atoms with Crippen LogP contribution in [0.15, 0.2) is 29.1 Å². The molecule has 162 valence electrons. The third-order valence-corrected chi connectivity index (χ3v) is 5.25. The Bertz CT molecular complexity index is 924. The maximum Gasteiger partial charge on any atom is 0.274 e. The SMILES string of the molecule is CN(C)c1ccc(C(=O)N2CCN(CCn3nc(C(C)(C)C)ccc3=O)CC2)nn1. The molecule has 1 saturated heterocycles. The number of piperazine rings is 1. The Hall–Kier alpha value is -2.81. The Morgan fingerprint density at radius 1 is 1.00 bits per heavy atom. The van der Waals surface area contributed by atoms with E-state index in [1.165, 1.54) is 0 Å². The van der Waals surface area contributed by atoms with Gasteiger partial charge in [0.15, 0.2) is 11.5 Å². The van der Waals surface area contributed by atoms with Crippen molar-refractivity contribution in [1.29, 1.82) is 0 Å². The first-order valence-corrected chi connectivity index (χ1v) is 10.3. The highest BCUT2D eigenvalue weighted by molar-refractivity contribution is 5.92. The predicted octanol–water partition coefficient (Wildman–Crippen LogP) is 0.855. The lowest BCUT2D eigenvalue weighted by molar-refractivity contribution is 0.0624. The first-order chi connectivity index (χ1) is 14.1. The zero-order valence-corrected chi connectivity index (χ0v) is 18.5. The molecule has 1 amide bonds. The maximum atomic E-state index is 12.7. The zero-order chi connectivity index (χ0) is 21.9. The third kappa shape index (κ3) is 5.21. The van der Waals surface area contributed by atoms with Gasteiger partial charge in [0.25, 0.3) is 11.5 Å². The van der Waals surface area contributed by atoms with Crippen LogP contribution in [0.2, 0.25) is 0 Å². The van der Waals surface area contributed by atoms with Crippen LogP contribution in [0.3, 0.4) is 0 Å². The summed E-state index contributed by atoms with van der Waals surface area (Å²) < 4.78 is 1.54. The van der Waals surface area contributed by atoms with Gasteiger partial charge < -0.3 is 9.80 Å². The molecule has 3 heterocycles. The lowest BCUT2D eigenvalue weighted by Gasteiger charge is -2.34. The number of carbonyl (C=O) groups excluding carboxylic acids is 1. The van der Waals surface area contributed by atoms with Crippen molar-refractivity contribution in [3.63, 3.8) is 0 Å². The van der Waals surface area contributed by atoms with Crippen molar-refractivity contribution >= 4 is 11.7 Å². The molecular weight excluding hydrogens is 382 g/mol. The van der Waals surface area contributed by atoms with Crippen LogP contribution < -0.4 is 10.5 Å². The molecule has 0 spiro atoms. The number of hydrogen-bond acceptors (Lipinski definition) is 7. The standard InChI is InChI=1S/C21H31N7O2/c1-21(2,3)17-7-9-19(29)28(24-17)15-12-26-10-13-27(14-11-26)20(30)16-6-8-18(23-22-16)25(4)5/h6-9H,10-15H2,1-5H3. The quantitative estimate of drug-likeness (QED) is 0.718. The second-order valence-corrected chi connectivity index (χ2v) is 8.83. The number of rotatable bonds is 5. The minimum Gasteiger partial charge on any atom is -0.361 e. The summed E-state index contributed by atoms with van der Waals surface area (Å²) in [5.74, 6) is 0.624. The molecule has 0 atom stereocenters. The molecule has 2 aromatic rings. The molecule has 1 fully saturated rings. The Kier molecular flexibility index (Phi) is 6.50. The first kappa shape index (κ1) is 21.9. The van der Waals surface area contributed by atoms with Gasteiger partial charge in [0, 0.05) is 58.3 Å². The molecule has 0 saturated carbocycles. The summed E-state index contributed by atoms with van der Waals surface area (Å²) in [7, 11) is 3.77. The molecule has 0 aromatic carbocycles. The summed E-state index contributed by atoms with van der Waals surface area (Å²) in [5, 5.41) is 12.7. The van der Waals surface area contributed by atoms with Crippen LogP contribution in [-0.2, 0) is 12.0 Å². The molecule has 0 radical (unpaired) electrons. The maximum absolute atomic E-state index is 12.7. The first-order valence-electron chi connectivity index (χ1n) is 10.3. The van der Waals surface area contributed by atoms with E-state index < -0.39 is 0 Å². The Labute approximate surface area is 177 Å². The summed E-state index contributed by atoms with van der Waals surface area (Å²) >= 11 is 0. The number of nitrogens with zero attached hydrogens (tertiary/aromatic N) is 7. The van der Waals surface area contributed by atoms with E-state index in [1.54, 1.807) is 33.8 Å². The van der Waals surface area contributed by atoms with Crippen LogP contribution in [0, 0.1) is 0 Å². The summed E-state index contributed by atoms with van der Waals surface area (Å²) in [6.07, 6.45) is 0. The van der Waals surface area contributed by atoms with Crippen molar-refractivity contribution in [1.82, 2.24) is 29.8 Å². The van der Waals surface area contributed by atoms with Crippen molar-refractivity contribution in [2.75, 3.05) is 51.7 Å². The van der Waals surface area contributed by atoms with Crippen LogP contribution >= 0.6 is 0 Å². The molecule has 3 rings (SSSR count). The van der Waals surface area contributed by atoms with E-state index in [0.29, 0.717) is 25.3 Å². The molecular formula is C21H31N7O2. The number of amides is 1. The van der Waals surface area contributed by atoms with E-state index >= 15 is 0 Å². The zero-order valence-electron chi connectivity index (χ0n) is 18.5. The molecule has 2 aromatic heterocycles. The van der Waals surface area contributed by atoms with Crippen LogP contribution in [-0.4, -0.2) is 82.5 Å². The molecule has 1 aliphatic heterocycles. The van der Waals surface area contributed by atoms with Crippen LogP contribution in [0.1, 0.15) is 37.0 Å². The van der Waals surface area contributed by atoms with Gasteiger partial charge in [-0.25, -0.2) is 4.68 Å². The Morgan fingerprint density at radius 3 is 2.27 bits per heavy atom. The molecule has 0 bridgehead atoms. The second-order valence-electron chi connectivity index (χ2n) is 8.83. The van der Waals surface area contributed by atoms with Crippen molar-refractivity contribution < 1.29 is 4.79 Å². The van der Waals surface area contributed by atoms with Gasteiger partial charge in [0.1, 0.15) is 0 Å². The minimum absolute atomic E-state index is 0.0865. The molecule has 9 nitrogen and oxygen atoms in total. The van der Waals surface area contributed by atoms with Gasteiger partial charge in [-0.1, -0.05) is 20.8 Å². The number of carbonyl (C=O) groups is 1. The van der Waals surface area contributed by atoms with Gasteiger partial charge in [-0.05, 0) is 18.2 Å². The average molecular weight is 414 g/mol. The lowest BCUT2D eigenvalue weighted by atomic mass is 9.92. The molecule has 1 aliphatic rings. The van der Waals surface area contributed by atoms with Crippen molar-refractivity contribution in [2.45, 2.75) is 32.7 Å². The summed E-state index contributed by atoms with van der Waals surface area (Å²) in [6.45, 7) is 10.3. The molecule has 0 aliphatic carbocycles. The number of hydrogen-bond donors (Lipinski definition) is 0. The lowest BCUT2D eigenvalue weighted by Crippen LogP contribution is -2.49. The summed E-state index contributed by atoms with van der Waals surface area (Å²) in [4.78, 5) is 30.7. The van der Waals surface area contributed by atoms with Gasteiger partial charge in [-0.15, -0.1) is 10.2 Å². The predicted molar refractivity (Wildman–Crippen MR) is 116 cm³/mol. The Balaban J connectivity index is 1.54. The van der Waals surface area contributed by atoms with Crippen molar-refractivity contribution in [3.05, 3.63) is 46.0 Å². The molecule has 0 unspecified atom stereocenters. The van der Waals surface area contributed by atoms with Crippen LogP contribution in [0.5, 0.6) is 0 Å². The average Bonchev–Trinajstić information content (AvgIpc) is 2.72. The van der Waals surface area contributed by atoms with E-state index in [9.17, 15) is 9.59 Å². The fraction of sp³-hybridized carbons (Fsp3) is 0.571. The van der Waals surface area contributed by atoms with Crippen molar-refractivity contribution in [3.8, 4) is 0 Å². The van der Waals surface area contributed by atoms with Crippen molar-refractivity contribution in [2.24, 2.45) is 0 Å². The third-order valence-electron chi connectivity index (χ3n) is 5.25. The monoisotopic (exact) mass is 413 g/mol. The van der Waals surface area contributed by atoms with Crippen LogP contribution in [0.25, 0.3) is 0 Å². The fourth-order valence-corrected chi connectivity index (χ4v) is 3.26. The molecule has 9 heteroatoms.